The van der Waals surface area contributed by atoms with Gasteiger partial charge in [0.05, 0.1) is 0 Å². The molecule has 0 aliphatic heterocycles. The van der Waals surface area contributed by atoms with Gasteiger partial charge in [-0.25, -0.2) is 9.59 Å². The highest BCUT2D eigenvalue weighted by Gasteiger charge is 2.01. The molecule has 0 amide bonds. The summed E-state index contributed by atoms with van der Waals surface area (Å²) in [5.41, 5.74) is 2.85. The van der Waals surface area contributed by atoms with E-state index in [9.17, 15) is 9.59 Å². The monoisotopic (exact) mass is 358 g/mol. The van der Waals surface area contributed by atoms with Crippen molar-refractivity contribution in [2.75, 3.05) is 0 Å². The average molecular weight is 358 g/mol. The van der Waals surface area contributed by atoms with Gasteiger partial charge >= 0.3 is 11.9 Å². The van der Waals surface area contributed by atoms with Crippen LogP contribution in [0.15, 0.2) is 83.1 Å². The molecule has 0 rings (SSSR count). The number of hydrogen-bond donors (Lipinski definition) is 2. The van der Waals surface area contributed by atoms with Crippen LogP contribution in [0.4, 0.5) is 0 Å². The number of carbonyl (C=O) groups is 2. The van der Waals surface area contributed by atoms with E-state index >= 15 is 0 Å². The van der Waals surface area contributed by atoms with E-state index in [1.165, 1.54) is 0 Å². The maximum atomic E-state index is 11.1. The third-order valence-electron chi connectivity index (χ3n) is 3.10. The van der Waals surface area contributed by atoms with Crippen LogP contribution in [-0.2, 0) is 19.3 Å². The first-order chi connectivity index (χ1) is 12.3. The van der Waals surface area contributed by atoms with Gasteiger partial charge in [-0.05, 0) is 27.7 Å². The van der Waals surface area contributed by atoms with Gasteiger partial charge in [0, 0.05) is 11.1 Å². The summed E-state index contributed by atoms with van der Waals surface area (Å²) in [6.45, 7) is 7.11. The molecule has 0 saturated carbocycles. The lowest BCUT2D eigenvalue weighted by Crippen LogP contribution is -2.10. The Kier molecular flexibility index (Phi) is 11.8. The van der Waals surface area contributed by atoms with Crippen LogP contribution in [0.5, 0.6) is 0 Å². The number of allylic oxidation sites excluding steroid dienone is 12. The molecule has 0 unspecified atom stereocenters. The zero-order valence-corrected chi connectivity index (χ0v) is 15.6. The maximum absolute atomic E-state index is 11.1. The second kappa shape index (κ2) is 13.3. The third-order valence-corrected chi connectivity index (χ3v) is 3.10. The standard InChI is InChI=1S/C20H26N2O4/c1-15(11-7-13-17(3)19(23)25-21)9-5-6-10-16(2)12-8-14-18(4)20(24)26-22/h5-14H,21-22H2,1-4H3/b6-5+,11-7+,12-8+,15-9+,16-10+,17-13+,18-14+. The lowest BCUT2D eigenvalue weighted by atomic mass is 10.2. The Balaban J connectivity index is 4.67. The SMILES string of the molecule is CC(/C=C/C=C(\C)C(=O)ON)=C\C=C\C=C(C)\C=C\C=C(/C)C(=O)ON. The zero-order chi connectivity index (χ0) is 19.9. The number of hydrogen-bond acceptors (Lipinski definition) is 6. The minimum absolute atomic E-state index is 0.418. The van der Waals surface area contributed by atoms with E-state index in [4.69, 9.17) is 11.8 Å². The molecule has 0 spiro atoms. The van der Waals surface area contributed by atoms with Crippen molar-refractivity contribution < 1.29 is 19.3 Å². The molecule has 0 aromatic heterocycles. The largest absolute Gasteiger partial charge is 0.370 e. The van der Waals surface area contributed by atoms with Crippen molar-refractivity contribution >= 4 is 11.9 Å². The van der Waals surface area contributed by atoms with E-state index < -0.39 is 11.9 Å². The van der Waals surface area contributed by atoms with Crippen molar-refractivity contribution in [2.24, 2.45) is 11.8 Å². The highest BCUT2D eigenvalue weighted by molar-refractivity contribution is 5.88. The normalized spacial score (nSPS) is 14.5. The van der Waals surface area contributed by atoms with Crippen LogP contribution < -0.4 is 11.8 Å². The second-order valence-corrected chi connectivity index (χ2v) is 5.43. The van der Waals surface area contributed by atoms with Crippen molar-refractivity contribution in [3.05, 3.63) is 83.1 Å². The molecule has 140 valence electrons. The highest BCUT2D eigenvalue weighted by Crippen LogP contribution is 2.02. The molecule has 0 aliphatic rings. The molecule has 0 aromatic rings. The summed E-state index contributed by atoms with van der Waals surface area (Å²) in [5, 5.41) is 0. The molecule has 0 bridgehead atoms. The Hall–Kier alpha value is -2.96. The van der Waals surface area contributed by atoms with Crippen molar-refractivity contribution in [3.8, 4) is 0 Å². The Morgan fingerprint density at radius 2 is 0.962 bits per heavy atom. The lowest BCUT2D eigenvalue weighted by molar-refractivity contribution is -0.140. The summed E-state index contributed by atoms with van der Waals surface area (Å²) >= 11 is 0. The minimum atomic E-state index is -0.560. The number of nitrogens with two attached hydrogens (primary N) is 2. The molecule has 6 nitrogen and oxygen atoms in total. The Bertz CT molecular complexity index is 645. The molecule has 0 radical (unpaired) electrons. The van der Waals surface area contributed by atoms with Gasteiger partial charge < -0.3 is 9.68 Å². The van der Waals surface area contributed by atoms with Crippen LogP contribution in [-0.4, -0.2) is 11.9 Å². The summed E-state index contributed by atoms with van der Waals surface area (Å²) in [7, 11) is 0. The Morgan fingerprint density at radius 3 is 1.27 bits per heavy atom. The second-order valence-electron chi connectivity index (χ2n) is 5.43. The van der Waals surface area contributed by atoms with Crippen molar-refractivity contribution in [1.82, 2.24) is 0 Å². The highest BCUT2D eigenvalue weighted by atomic mass is 16.7. The van der Waals surface area contributed by atoms with Gasteiger partial charge in [0.2, 0.25) is 0 Å². The first-order valence-electron chi connectivity index (χ1n) is 7.85. The van der Waals surface area contributed by atoms with E-state index in [-0.39, 0.29) is 0 Å². The molecule has 0 atom stereocenters. The van der Waals surface area contributed by atoms with E-state index in [2.05, 4.69) is 9.68 Å². The van der Waals surface area contributed by atoms with Gasteiger partial charge in [-0.2, -0.15) is 11.8 Å². The smallest absolute Gasteiger partial charge is 0.352 e. The van der Waals surface area contributed by atoms with Crippen LogP contribution in [0.1, 0.15) is 27.7 Å². The maximum Gasteiger partial charge on any atom is 0.352 e. The van der Waals surface area contributed by atoms with E-state index in [0.717, 1.165) is 11.1 Å². The van der Waals surface area contributed by atoms with Crippen molar-refractivity contribution in [1.29, 1.82) is 0 Å². The first kappa shape index (κ1) is 23.0. The predicted molar refractivity (Wildman–Crippen MR) is 103 cm³/mol. The first-order valence-corrected chi connectivity index (χ1v) is 7.85. The van der Waals surface area contributed by atoms with Crippen LogP contribution in [0.3, 0.4) is 0 Å². The van der Waals surface area contributed by atoms with Crippen LogP contribution in [0.2, 0.25) is 0 Å². The fraction of sp³-hybridized carbons (Fsp3) is 0.200. The Morgan fingerprint density at radius 1 is 0.615 bits per heavy atom. The summed E-state index contributed by atoms with van der Waals surface area (Å²) in [4.78, 5) is 30.4. The molecule has 4 N–H and O–H groups in total. The molecule has 0 aromatic carbocycles. The molecule has 6 heteroatoms. The van der Waals surface area contributed by atoms with E-state index in [0.29, 0.717) is 11.1 Å². The summed E-state index contributed by atoms with van der Waals surface area (Å²) in [5.74, 6) is 8.48. The van der Waals surface area contributed by atoms with Crippen LogP contribution in [0.25, 0.3) is 0 Å². The van der Waals surface area contributed by atoms with E-state index in [1.807, 2.05) is 50.3 Å². The van der Waals surface area contributed by atoms with Crippen molar-refractivity contribution in [2.45, 2.75) is 27.7 Å². The van der Waals surface area contributed by atoms with Gasteiger partial charge in [0.1, 0.15) is 0 Å². The number of rotatable bonds is 8. The van der Waals surface area contributed by atoms with Gasteiger partial charge in [0.25, 0.3) is 0 Å². The lowest BCUT2D eigenvalue weighted by Gasteiger charge is -1.94. The summed E-state index contributed by atoms with van der Waals surface area (Å²) in [6, 6.07) is 0. The molecule has 26 heavy (non-hydrogen) atoms. The predicted octanol–water partition coefficient (Wildman–Crippen LogP) is 3.27. The van der Waals surface area contributed by atoms with Gasteiger partial charge in [0.15, 0.2) is 0 Å². The van der Waals surface area contributed by atoms with Crippen molar-refractivity contribution in [3.63, 3.8) is 0 Å². The molecule has 0 fully saturated rings. The molecule has 0 saturated heterocycles. The average Bonchev–Trinajstić information content (AvgIpc) is 2.63. The van der Waals surface area contributed by atoms with Crippen LogP contribution >= 0.6 is 0 Å². The molecular weight excluding hydrogens is 332 g/mol. The van der Waals surface area contributed by atoms with E-state index in [1.54, 1.807) is 38.2 Å². The fourth-order valence-corrected chi connectivity index (χ4v) is 1.54. The molecular formula is C20H26N2O4. The summed E-state index contributed by atoms with van der Waals surface area (Å²) in [6.07, 6.45) is 18.1. The molecule has 0 aliphatic carbocycles. The fourth-order valence-electron chi connectivity index (χ4n) is 1.54. The van der Waals surface area contributed by atoms with Crippen LogP contribution in [0, 0.1) is 0 Å². The zero-order valence-electron chi connectivity index (χ0n) is 15.6. The number of carbonyl (C=O) groups excluding carboxylic acids is 2. The van der Waals surface area contributed by atoms with Gasteiger partial charge in [-0.15, -0.1) is 0 Å². The summed E-state index contributed by atoms with van der Waals surface area (Å²) < 4.78 is 0. The quantitative estimate of drug-likeness (QED) is 0.392. The van der Waals surface area contributed by atoms with Gasteiger partial charge in [-0.1, -0.05) is 71.9 Å². The topological polar surface area (TPSA) is 105 Å². The van der Waals surface area contributed by atoms with Gasteiger partial charge in [-0.3, -0.25) is 0 Å². The third kappa shape index (κ3) is 10.7. The minimum Gasteiger partial charge on any atom is -0.370 e. The Labute approximate surface area is 154 Å². The molecule has 0 heterocycles.